The van der Waals surface area contributed by atoms with Crippen LogP contribution in [0.25, 0.3) is 0 Å². The zero-order chi connectivity index (χ0) is 16.4. The average molecular weight is 302 g/mol. The van der Waals surface area contributed by atoms with Gasteiger partial charge in [-0.25, -0.2) is 0 Å². The molecule has 2 aromatic rings. The third-order valence-electron chi connectivity index (χ3n) is 3.25. The van der Waals surface area contributed by atoms with E-state index in [-0.39, 0.29) is 17.2 Å². The Balaban J connectivity index is 2.28. The van der Waals surface area contributed by atoms with E-state index in [4.69, 9.17) is 0 Å². The number of carbonyl (C=O) groups excluding carboxylic acids is 2. The fourth-order valence-electron chi connectivity index (χ4n) is 1.95. The second-order valence-corrected chi connectivity index (χ2v) is 4.75. The Kier molecular flexibility index (Phi) is 4.02. The van der Waals surface area contributed by atoms with Crippen LogP contribution in [0.3, 0.4) is 0 Å². The third-order valence-corrected chi connectivity index (χ3v) is 3.25. The van der Waals surface area contributed by atoms with Crippen LogP contribution in [0.15, 0.2) is 24.3 Å². The van der Waals surface area contributed by atoms with Crippen LogP contribution in [0.1, 0.15) is 33.5 Å². The standard InChI is InChI=1S/C14H14N4O4/c1-8-13(18(21)22)12(16-17(8)3)14(20)15-11-6-4-10(5-7-11)9(2)19/h4-7H,1-3H3,(H,15,20). The number of nitro groups is 1. The molecular formula is C14H14N4O4. The number of amides is 1. The number of nitrogens with zero attached hydrogens (tertiary/aromatic N) is 3. The van der Waals surface area contributed by atoms with E-state index >= 15 is 0 Å². The summed E-state index contributed by atoms with van der Waals surface area (Å²) in [7, 11) is 1.53. The van der Waals surface area contributed by atoms with Crippen LogP contribution in [0.5, 0.6) is 0 Å². The van der Waals surface area contributed by atoms with E-state index in [1.165, 1.54) is 25.6 Å². The van der Waals surface area contributed by atoms with Gasteiger partial charge in [0, 0.05) is 18.3 Å². The van der Waals surface area contributed by atoms with Gasteiger partial charge in [-0.3, -0.25) is 24.4 Å². The lowest BCUT2D eigenvalue weighted by Gasteiger charge is -2.03. The normalized spacial score (nSPS) is 10.3. The van der Waals surface area contributed by atoms with Crippen molar-refractivity contribution in [1.82, 2.24) is 9.78 Å². The molecule has 8 heteroatoms. The molecule has 0 aliphatic rings. The van der Waals surface area contributed by atoms with E-state index in [9.17, 15) is 19.7 Å². The van der Waals surface area contributed by atoms with Gasteiger partial charge < -0.3 is 5.32 Å². The molecule has 1 N–H and O–H groups in total. The fraction of sp³-hybridized carbons (Fsp3) is 0.214. The minimum Gasteiger partial charge on any atom is -0.320 e. The molecule has 1 aromatic carbocycles. The average Bonchev–Trinajstić information content (AvgIpc) is 2.75. The second-order valence-electron chi connectivity index (χ2n) is 4.75. The molecule has 2 rings (SSSR count). The summed E-state index contributed by atoms with van der Waals surface area (Å²) in [4.78, 5) is 33.8. The van der Waals surface area contributed by atoms with E-state index in [2.05, 4.69) is 10.4 Å². The van der Waals surface area contributed by atoms with E-state index in [0.717, 1.165) is 0 Å². The number of aryl methyl sites for hydroxylation is 1. The van der Waals surface area contributed by atoms with Crippen LogP contribution in [0.2, 0.25) is 0 Å². The van der Waals surface area contributed by atoms with Crippen molar-refractivity contribution in [2.45, 2.75) is 13.8 Å². The van der Waals surface area contributed by atoms with E-state index in [1.807, 2.05) is 0 Å². The van der Waals surface area contributed by atoms with Gasteiger partial charge in [-0.15, -0.1) is 0 Å². The molecule has 0 bridgehead atoms. The molecule has 22 heavy (non-hydrogen) atoms. The molecule has 0 fully saturated rings. The Hall–Kier alpha value is -3.03. The van der Waals surface area contributed by atoms with Crippen molar-refractivity contribution in [2.24, 2.45) is 7.05 Å². The molecule has 0 atom stereocenters. The lowest BCUT2D eigenvalue weighted by Crippen LogP contribution is -2.14. The highest BCUT2D eigenvalue weighted by Gasteiger charge is 2.28. The molecule has 0 spiro atoms. The number of anilines is 1. The third kappa shape index (κ3) is 2.85. The van der Waals surface area contributed by atoms with Gasteiger partial charge in [0.2, 0.25) is 5.69 Å². The van der Waals surface area contributed by atoms with Crippen molar-refractivity contribution in [3.63, 3.8) is 0 Å². The second kappa shape index (κ2) is 5.76. The summed E-state index contributed by atoms with van der Waals surface area (Å²) in [6, 6.07) is 6.23. The van der Waals surface area contributed by atoms with Crippen LogP contribution >= 0.6 is 0 Å². The molecule has 1 aromatic heterocycles. The minimum atomic E-state index is -0.675. The van der Waals surface area contributed by atoms with Gasteiger partial charge in [-0.2, -0.15) is 5.10 Å². The smallest absolute Gasteiger partial charge is 0.320 e. The molecule has 0 radical (unpaired) electrons. The number of carbonyl (C=O) groups is 2. The Morgan fingerprint density at radius 3 is 2.36 bits per heavy atom. The highest BCUT2D eigenvalue weighted by molar-refractivity contribution is 6.06. The van der Waals surface area contributed by atoms with Gasteiger partial charge in [0.05, 0.1) is 4.92 Å². The summed E-state index contributed by atoms with van der Waals surface area (Å²) in [5, 5.41) is 17.5. The maximum absolute atomic E-state index is 12.2. The Labute approximate surface area is 125 Å². The number of Topliss-reactive ketones (excluding diaryl/α,β-unsaturated/α-hetero) is 1. The van der Waals surface area contributed by atoms with Gasteiger partial charge >= 0.3 is 5.69 Å². The van der Waals surface area contributed by atoms with Gasteiger partial charge in [-0.05, 0) is 38.1 Å². The molecule has 0 aliphatic carbocycles. The molecule has 0 saturated heterocycles. The fourth-order valence-corrected chi connectivity index (χ4v) is 1.95. The van der Waals surface area contributed by atoms with Crippen LogP contribution in [0, 0.1) is 17.0 Å². The Morgan fingerprint density at radius 2 is 1.86 bits per heavy atom. The predicted octanol–water partition coefficient (Wildman–Crippen LogP) is 2.09. The number of ketones is 1. The van der Waals surface area contributed by atoms with Crippen LogP contribution in [0.4, 0.5) is 11.4 Å². The molecule has 8 nitrogen and oxygen atoms in total. The highest BCUT2D eigenvalue weighted by atomic mass is 16.6. The monoisotopic (exact) mass is 302 g/mol. The summed E-state index contributed by atoms with van der Waals surface area (Å²) < 4.78 is 1.28. The van der Waals surface area contributed by atoms with Crippen molar-refractivity contribution >= 4 is 23.1 Å². The number of nitrogens with one attached hydrogen (secondary N) is 1. The first-order valence-corrected chi connectivity index (χ1v) is 6.41. The lowest BCUT2D eigenvalue weighted by molar-refractivity contribution is -0.385. The van der Waals surface area contributed by atoms with Gasteiger partial charge in [0.15, 0.2) is 5.78 Å². The zero-order valence-corrected chi connectivity index (χ0v) is 12.3. The SMILES string of the molecule is CC(=O)c1ccc(NC(=O)c2nn(C)c(C)c2[N+](=O)[O-])cc1. The number of aromatic nitrogens is 2. The predicted molar refractivity (Wildman–Crippen MR) is 79.0 cm³/mol. The number of hydrogen-bond acceptors (Lipinski definition) is 5. The van der Waals surface area contributed by atoms with Gasteiger partial charge in [0.25, 0.3) is 5.91 Å². The van der Waals surface area contributed by atoms with Crippen molar-refractivity contribution < 1.29 is 14.5 Å². The molecule has 0 saturated carbocycles. The van der Waals surface area contributed by atoms with Gasteiger partial charge in [0.1, 0.15) is 5.69 Å². The summed E-state index contributed by atoms with van der Waals surface area (Å²) in [5.74, 6) is -0.764. The molecule has 0 aliphatic heterocycles. The quantitative estimate of drug-likeness (QED) is 0.528. The van der Waals surface area contributed by atoms with Gasteiger partial charge in [-0.1, -0.05) is 0 Å². The number of rotatable bonds is 4. The van der Waals surface area contributed by atoms with E-state index in [0.29, 0.717) is 16.9 Å². The molecular weight excluding hydrogens is 288 g/mol. The summed E-state index contributed by atoms with van der Waals surface area (Å²) in [6.07, 6.45) is 0. The highest BCUT2D eigenvalue weighted by Crippen LogP contribution is 2.23. The van der Waals surface area contributed by atoms with Crippen molar-refractivity contribution in [1.29, 1.82) is 0 Å². The van der Waals surface area contributed by atoms with Crippen LogP contribution in [-0.4, -0.2) is 26.4 Å². The number of benzene rings is 1. The maximum Gasteiger partial charge on any atom is 0.322 e. The molecule has 114 valence electrons. The maximum atomic E-state index is 12.2. The minimum absolute atomic E-state index is 0.0890. The van der Waals surface area contributed by atoms with Crippen LogP contribution < -0.4 is 5.32 Å². The Bertz CT molecular complexity index is 762. The van der Waals surface area contributed by atoms with Crippen molar-refractivity contribution in [2.75, 3.05) is 5.32 Å². The summed E-state index contributed by atoms with van der Waals surface area (Å²) >= 11 is 0. The first-order valence-electron chi connectivity index (χ1n) is 6.41. The number of hydrogen-bond donors (Lipinski definition) is 1. The van der Waals surface area contributed by atoms with Crippen molar-refractivity contribution in [3.8, 4) is 0 Å². The Morgan fingerprint density at radius 1 is 1.27 bits per heavy atom. The summed E-state index contributed by atoms with van der Waals surface area (Å²) in [5.41, 5.74) is 0.661. The topological polar surface area (TPSA) is 107 Å². The van der Waals surface area contributed by atoms with E-state index in [1.54, 1.807) is 24.3 Å². The zero-order valence-electron chi connectivity index (χ0n) is 12.3. The first-order chi connectivity index (χ1) is 10.3. The molecule has 1 amide bonds. The molecule has 1 heterocycles. The largest absolute Gasteiger partial charge is 0.322 e. The lowest BCUT2D eigenvalue weighted by atomic mass is 10.1. The van der Waals surface area contributed by atoms with Crippen molar-refractivity contribution in [3.05, 3.63) is 51.3 Å². The summed E-state index contributed by atoms with van der Waals surface area (Å²) in [6.45, 7) is 2.96. The van der Waals surface area contributed by atoms with E-state index < -0.39 is 10.8 Å². The van der Waals surface area contributed by atoms with Crippen LogP contribution in [-0.2, 0) is 7.05 Å². The first kappa shape index (κ1) is 15.4. The molecule has 0 unspecified atom stereocenters.